The summed E-state index contributed by atoms with van der Waals surface area (Å²) in [6.45, 7) is 5.03. The Balaban J connectivity index is 3.25. The first-order valence-corrected chi connectivity index (χ1v) is 6.09. The summed E-state index contributed by atoms with van der Waals surface area (Å²) in [7, 11) is -3.54. The number of carbonyl (C=O) groups is 1. The van der Waals surface area contributed by atoms with Crippen molar-refractivity contribution >= 4 is 13.4 Å². The molecule has 1 aliphatic heterocycles. The number of hydrogen-bond acceptors (Lipinski definition) is 5. The molecule has 0 spiro atoms. The minimum atomic E-state index is -3.54. The summed E-state index contributed by atoms with van der Waals surface area (Å²) in [6, 6.07) is 0. The molecule has 0 saturated carbocycles. The second-order valence-corrected chi connectivity index (χ2v) is 4.99. The molecule has 1 aliphatic rings. The van der Waals surface area contributed by atoms with E-state index in [0.29, 0.717) is 11.3 Å². The number of Topliss-reactive ketones (excluding diaryl/α,β-unsaturated/α-hetero) is 1. The molecule has 1 atom stereocenters. The molecule has 0 aromatic carbocycles. The Hall–Kier alpha value is -1.06. The van der Waals surface area contributed by atoms with E-state index in [1.807, 2.05) is 0 Å². The maximum absolute atomic E-state index is 12.1. The van der Waals surface area contributed by atoms with E-state index in [0.717, 1.165) is 6.20 Å². The molecule has 0 aliphatic carbocycles. The summed E-state index contributed by atoms with van der Waals surface area (Å²) in [5, 5.41) is -0.0903. The Labute approximate surface area is 88.5 Å². The third kappa shape index (κ3) is 1.98. The summed E-state index contributed by atoms with van der Waals surface area (Å²) in [4.78, 5) is 11.7. The van der Waals surface area contributed by atoms with E-state index in [9.17, 15) is 9.36 Å². The van der Waals surface area contributed by atoms with Crippen LogP contribution in [0.1, 0.15) is 20.8 Å². The van der Waals surface area contributed by atoms with Crippen LogP contribution < -0.4 is 5.73 Å². The van der Waals surface area contributed by atoms with Crippen LogP contribution >= 0.6 is 7.60 Å². The van der Waals surface area contributed by atoms with E-state index in [2.05, 4.69) is 0 Å². The molecule has 0 bridgehead atoms. The first-order chi connectivity index (χ1) is 6.96. The Morgan fingerprint density at radius 1 is 1.53 bits per heavy atom. The number of hydrogen-bond donors (Lipinski definition) is 1. The largest absolute Gasteiger partial charge is 0.425 e. The second-order valence-electron chi connectivity index (χ2n) is 3.07. The van der Waals surface area contributed by atoms with E-state index in [1.54, 1.807) is 20.8 Å². The van der Waals surface area contributed by atoms with Crippen molar-refractivity contribution in [2.45, 2.75) is 20.8 Å². The quantitative estimate of drug-likeness (QED) is 0.580. The van der Waals surface area contributed by atoms with Gasteiger partial charge >= 0.3 is 7.60 Å². The van der Waals surface area contributed by atoms with Crippen LogP contribution in [0.3, 0.4) is 0 Å². The average molecular weight is 231 g/mol. The SMILES string of the molecule is CCOP1(=O)OC(C)=C(C)C(=O)C1=CN. The standard InChI is InChI=1S/C9H14NO4P/c1-4-13-15(12)8(5-10)9(11)6(2)7(3)14-15/h5H,4,10H2,1-3H3. The molecule has 5 nitrogen and oxygen atoms in total. The highest BCUT2D eigenvalue weighted by molar-refractivity contribution is 7.60. The van der Waals surface area contributed by atoms with Crippen molar-refractivity contribution in [3.05, 3.63) is 22.8 Å². The van der Waals surface area contributed by atoms with Gasteiger partial charge in [-0.05, 0) is 20.8 Å². The highest BCUT2D eigenvalue weighted by atomic mass is 31.2. The lowest BCUT2D eigenvalue weighted by molar-refractivity contribution is -0.112. The van der Waals surface area contributed by atoms with Crippen LogP contribution in [-0.4, -0.2) is 12.4 Å². The van der Waals surface area contributed by atoms with Gasteiger partial charge in [-0.2, -0.15) is 0 Å². The minimum Gasteiger partial charge on any atom is -0.425 e. The number of carbonyl (C=O) groups excluding carboxylic acids is 1. The Kier molecular flexibility index (Phi) is 3.37. The predicted octanol–water partition coefficient (Wildman–Crippen LogP) is 1.91. The van der Waals surface area contributed by atoms with Crippen molar-refractivity contribution < 1.29 is 18.4 Å². The van der Waals surface area contributed by atoms with Gasteiger partial charge in [-0.15, -0.1) is 0 Å². The van der Waals surface area contributed by atoms with Gasteiger partial charge in [0.1, 0.15) is 11.1 Å². The van der Waals surface area contributed by atoms with Crippen LogP contribution in [0.2, 0.25) is 0 Å². The molecule has 2 N–H and O–H groups in total. The molecular formula is C9H14NO4P. The van der Waals surface area contributed by atoms with Crippen molar-refractivity contribution in [2.75, 3.05) is 6.61 Å². The van der Waals surface area contributed by atoms with E-state index < -0.39 is 7.60 Å². The third-order valence-electron chi connectivity index (χ3n) is 2.11. The van der Waals surface area contributed by atoms with Gasteiger partial charge in [0, 0.05) is 11.8 Å². The highest BCUT2D eigenvalue weighted by Gasteiger charge is 2.41. The molecule has 1 rings (SSSR count). The van der Waals surface area contributed by atoms with Gasteiger partial charge in [0.15, 0.2) is 0 Å². The van der Waals surface area contributed by atoms with Gasteiger partial charge in [0.25, 0.3) is 0 Å². The zero-order valence-corrected chi connectivity index (χ0v) is 9.84. The molecule has 84 valence electrons. The second kappa shape index (κ2) is 4.21. The monoisotopic (exact) mass is 231 g/mol. The maximum atomic E-state index is 12.1. The van der Waals surface area contributed by atoms with Gasteiger partial charge in [-0.3, -0.25) is 9.32 Å². The van der Waals surface area contributed by atoms with Gasteiger partial charge in [-0.25, -0.2) is 4.57 Å². The zero-order valence-electron chi connectivity index (χ0n) is 8.94. The normalized spacial score (nSPS) is 29.5. The summed E-state index contributed by atoms with van der Waals surface area (Å²) < 4.78 is 22.3. The predicted molar refractivity (Wildman–Crippen MR) is 56.0 cm³/mol. The average Bonchev–Trinajstić information content (AvgIpc) is 2.15. The van der Waals surface area contributed by atoms with Crippen LogP contribution in [0, 0.1) is 0 Å². The number of rotatable bonds is 2. The molecule has 15 heavy (non-hydrogen) atoms. The van der Waals surface area contributed by atoms with Gasteiger partial charge in [0.2, 0.25) is 5.78 Å². The van der Waals surface area contributed by atoms with Gasteiger partial charge in [-0.1, -0.05) is 0 Å². The summed E-state index contributed by atoms with van der Waals surface area (Å²) in [5.74, 6) is -0.0552. The summed E-state index contributed by atoms with van der Waals surface area (Å²) in [5.41, 5.74) is 5.67. The smallest absolute Gasteiger partial charge is 0.415 e. The van der Waals surface area contributed by atoms with Crippen LogP contribution in [0.5, 0.6) is 0 Å². The maximum Gasteiger partial charge on any atom is 0.415 e. The van der Waals surface area contributed by atoms with Crippen LogP contribution in [0.25, 0.3) is 0 Å². The first kappa shape index (κ1) is 12.0. The van der Waals surface area contributed by atoms with Gasteiger partial charge < -0.3 is 10.3 Å². The van der Waals surface area contributed by atoms with E-state index in [1.165, 1.54) is 0 Å². The van der Waals surface area contributed by atoms with E-state index in [4.69, 9.17) is 14.8 Å². The Bertz CT molecular complexity index is 397. The molecule has 1 heterocycles. The minimum absolute atomic E-state index is 0.0903. The number of ketones is 1. The first-order valence-electron chi connectivity index (χ1n) is 4.55. The lowest BCUT2D eigenvalue weighted by Crippen LogP contribution is -2.16. The molecule has 0 aromatic heterocycles. The van der Waals surface area contributed by atoms with Crippen molar-refractivity contribution in [1.82, 2.24) is 0 Å². The van der Waals surface area contributed by atoms with E-state index in [-0.39, 0.29) is 17.7 Å². The molecule has 0 fully saturated rings. The summed E-state index contributed by atoms with van der Waals surface area (Å²) >= 11 is 0. The van der Waals surface area contributed by atoms with Crippen molar-refractivity contribution in [3.63, 3.8) is 0 Å². The molecule has 0 saturated heterocycles. The van der Waals surface area contributed by atoms with Crippen molar-refractivity contribution in [3.8, 4) is 0 Å². The van der Waals surface area contributed by atoms with Crippen molar-refractivity contribution in [1.29, 1.82) is 0 Å². The highest BCUT2D eigenvalue weighted by Crippen LogP contribution is 2.60. The van der Waals surface area contributed by atoms with E-state index >= 15 is 0 Å². The molecular weight excluding hydrogens is 217 g/mol. The zero-order chi connectivity index (χ0) is 11.6. The van der Waals surface area contributed by atoms with Crippen molar-refractivity contribution in [2.24, 2.45) is 5.73 Å². The Morgan fingerprint density at radius 2 is 2.13 bits per heavy atom. The number of nitrogens with two attached hydrogens (primary N) is 1. The topological polar surface area (TPSA) is 78.6 Å². The fraction of sp³-hybridized carbons (Fsp3) is 0.444. The molecule has 0 radical (unpaired) electrons. The molecule has 0 amide bonds. The molecule has 0 aromatic rings. The fourth-order valence-electron chi connectivity index (χ4n) is 1.21. The molecule has 6 heteroatoms. The number of allylic oxidation sites excluding steroid dienone is 3. The Morgan fingerprint density at radius 3 is 2.60 bits per heavy atom. The fourth-order valence-corrected chi connectivity index (χ4v) is 2.93. The lowest BCUT2D eigenvalue weighted by Gasteiger charge is -2.25. The van der Waals surface area contributed by atoms with Crippen LogP contribution in [0.4, 0.5) is 0 Å². The van der Waals surface area contributed by atoms with Gasteiger partial charge in [0.05, 0.1) is 6.61 Å². The molecule has 1 unspecified atom stereocenters. The van der Waals surface area contributed by atoms with Crippen LogP contribution in [0.15, 0.2) is 22.8 Å². The summed E-state index contributed by atoms with van der Waals surface area (Å²) in [6.07, 6.45) is 0.995. The lowest BCUT2D eigenvalue weighted by atomic mass is 10.1. The van der Waals surface area contributed by atoms with Crippen LogP contribution in [-0.2, 0) is 18.4 Å². The third-order valence-corrected chi connectivity index (χ3v) is 4.16.